The zero-order valence-corrected chi connectivity index (χ0v) is 14.7. The lowest BCUT2D eigenvalue weighted by Crippen LogP contribution is -2.14. The molecule has 0 aromatic heterocycles. The first-order chi connectivity index (χ1) is 11.2. The van der Waals surface area contributed by atoms with Crippen LogP contribution in [0.15, 0.2) is 46.2 Å². The lowest BCUT2D eigenvalue weighted by atomic mass is 10.1. The van der Waals surface area contributed by atoms with Crippen LogP contribution in [0.25, 0.3) is 0 Å². The van der Waals surface area contributed by atoms with E-state index in [1.165, 1.54) is 31.2 Å². The highest BCUT2D eigenvalue weighted by Gasteiger charge is 2.15. The van der Waals surface area contributed by atoms with Crippen molar-refractivity contribution in [1.82, 2.24) is 0 Å². The molecule has 24 heavy (non-hydrogen) atoms. The van der Waals surface area contributed by atoms with E-state index in [0.29, 0.717) is 10.5 Å². The number of carbonyl (C=O) groups is 1. The van der Waals surface area contributed by atoms with Gasteiger partial charge in [-0.1, -0.05) is 11.8 Å². The topological polar surface area (TPSA) is 63.2 Å². The van der Waals surface area contributed by atoms with E-state index in [1.54, 1.807) is 0 Å². The molecule has 0 aliphatic rings. The average molecular weight is 392 g/mol. The maximum absolute atomic E-state index is 13.8. The first kappa shape index (κ1) is 18.7. The van der Waals surface area contributed by atoms with Gasteiger partial charge in [0.1, 0.15) is 16.8 Å². The number of benzene rings is 2. The summed E-state index contributed by atoms with van der Waals surface area (Å²) in [6, 6.07) is 7.31. The van der Waals surface area contributed by atoms with Gasteiger partial charge in [-0.2, -0.15) is 0 Å². The van der Waals surface area contributed by atoms with Crippen molar-refractivity contribution < 1.29 is 22.0 Å². The van der Waals surface area contributed by atoms with Crippen LogP contribution in [-0.2, 0) is 10.0 Å². The monoisotopic (exact) mass is 391 g/mol. The number of nitrogens with one attached hydrogen (secondary N) is 1. The Labute approximate surface area is 147 Å². The third kappa shape index (κ3) is 4.68. The number of ketones is 1. The van der Waals surface area contributed by atoms with Crippen molar-refractivity contribution in [2.75, 3.05) is 9.93 Å². The highest BCUT2D eigenvalue weighted by Crippen LogP contribution is 2.36. The van der Waals surface area contributed by atoms with E-state index in [4.69, 9.17) is 11.6 Å². The fourth-order valence-electron chi connectivity index (χ4n) is 1.78. The van der Waals surface area contributed by atoms with E-state index in [0.717, 1.165) is 23.9 Å². The van der Waals surface area contributed by atoms with E-state index in [1.807, 2.05) is 0 Å². The molecule has 0 spiro atoms. The van der Waals surface area contributed by atoms with Crippen LogP contribution < -0.4 is 4.72 Å². The Hall–Kier alpha value is -1.64. The minimum Gasteiger partial charge on any atom is -0.295 e. The number of Topliss-reactive ketones (excluding diaryl/α,β-unsaturated/α-hetero) is 1. The molecule has 2 rings (SSSR count). The molecular formula is C15H12ClF2NO3S2. The molecule has 1 N–H and O–H groups in total. The largest absolute Gasteiger partial charge is 0.295 e. The molecule has 0 bridgehead atoms. The van der Waals surface area contributed by atoms with E-state index in [-0.39, 0.29) is 16.4 Å². The van der Waals surface area contributed by atoms with Crippen molar-refractivity contribution in [2.24, 2.45) is 0 Å². The summed E-state index contributed by atoms with van der Waals surface area (Å²) < 4.78 is 52.4. The fraction of sp³-hybridized carbons (Fsp3) is 0.133. The summed E-state index contributed by atoms with van der Waals surface area (Å²) in [6.45, 7) is 1.35. The predicted octanol–water partition coefficient (Wildman–Crippen LogP) is 4.26. The molecule has 128 valence electrons. The zero-order valence-electron chi connectivity index (χ0n) is 12.3. The molecule has 0 saturated carbocycles. The number of alkyl halides is 1. The highest BCUT2D eigenvalue weighted by atomic mass is 35.5. The number of halogens is 3. The van der Waals surface area contributed by atoms with Gasteiger partial charge in [0.2, 0.25) is 10.0 Å². The maximum atomic E-state index is 13.8. The highest BCUT2D eigenvalue weighted by molar-refractivity contribution is 7.99. The molecule has 0 radical (unpaired) electrons. The van der Waals surface area contributed by atoms with Gasteiger partial charge in [-0.25, -0.2) is 17.2 Å². The van der Waals surface area contributed by atoms with Gasteiger partial charge >= 0.3 is 0 Å². The van der Waals surface area contributed by atoms with Crippen LogP contribution in [0.4, 0.5) is 14.5 Å². The quantitative estimate of drug-likeness (QED) is 0.590. The summed E-state index contributed by atoms with van der Waals surface area (Å²) in [7, 11) is -3.77. The number of carbonyl (C=O) groups excluding carboxylic acids is 1. The molecule has 0 amide bonds. The Bertz CT molecular complexity index is 888. The molecule has 0 unspecified atom stereocenters. The minimum absolute atomic E-state index is 0.0865. The Morgan fingerprint density at radius 3 is 2.46 bits per heavy atom. The zero-order chi connectivity index (χ0) is 17.9. The number of hydrogen-bond acceptors (Lipinski definition) is 4. The summed E-state index contributed by atoms with van der Waals surface area (Å²) >= 11 is 6.24. The fourth-order valence-corrected chi connectivity index (χ4v) is 3.52. The minimum atomic E-state index is -3.77. The van der Waals surface area contributed by atoms with Crippen LogP contribution in [-0.4, -0.2) is 19.4 Å². The lowest BCUT2D eigenvalue weighted by Gasteiger charge is -2.13. The Balaban J connectivity index is 2.47. The number of anilines is 1. The second-order valence-electron chi connectivity index (χ2n) is 4.77. The van der Waals surface area contributed by atoms with Crippen molar-refractivity contribution in [3.8, 4) is 0 Å². The van der Waals surface area contributed by atoms with Crippen molar-refractivity contribution >= 4 is 44.9 Å². The smallest absolute Gasteiger partial charge is 0.246 e. The van der Waals surface area contributed by atoms with Crippen LogP contribution in [0, 0.1) is 11.6 Å². The van der Waals surface area contributed by atoms with E-state index in [9.17, 15) is 22.0 Å². The van der Waals surface area contributed by atoms with Gasteiger partial charge in [-0.3, -0.25) is 9.52 Å². The summed E-state index contributed by atoms with van der Waals surface area (Å²) in [4.78, 5) is 11.9. The molecule has 0 atom stereocenters. The van der Waals surface area contributed by atoms with E-state index >= 15 is 0 Å². The molecule has 0 aliphatic carbocycles. The van der Waals surface area contributed by atoms with Gasteiger partial charge < -0.3 is 0 Å². The van der Waals surface area contributed by atoms with E-state index in [2.05, 4.69) is 4.72 Å². The summed E-state index contributed by atoms with van der Waals surface area (Å²) in [5.74, 6) is -1.75. The van der Waals surface area contributed by atoms with Crippen molar-refractivity contribution in [1.29, 1.82) is 0 Å². The average Bonchev–Trinajstić information content (AvgIpc) is 2.51. The Morgan fingerprint density at radius 2 is 1.88 bits per heavy atom. The van der Waals surface area contributed by atoms with Gasteiger partial charge in [-0.05, 0) is 37.3 Å². The molecule has 0 heterocycles. The van der Waals surface area contributed by atoms with Crippen LogP contribution in [0.5, 0.6) is 0 Å². The summed E-state index contributed by atoms with van der Waals surface area (Å²) in [5, 5.41) is -0.656. The molecule has 9 heteroatoms. The standard InChI is InChI=1S/C15H12ClF2NO3S2/c1-9(20)10-2-4-13(19-24(21,22)8-16)15(6-10)23-14-5-3-11(17)7-12(14)18/h2-7,19H,8H2,1H3. The Kier molecular flexibility index (Phi) is 5.84. The SMILES string of the molecule is CC(=O)c1ccc(NS(=O)(=O)CCl)c(Sc2ccc(F)cc2F)c1. The van der Waals surface area contributed by atoms with Crippen LogP contribution in [0.2, 0.25) is 0 Å². The van der Waals surface area contributed by atoms with Crippen LogP contribution >= 0.6 is 23.4 Å². The van der Waals surface area contributed by atoms with Crippen molar-refractivity contribution in [3.05, 3.63) is 53.6 Å². The third-order valence-corrected chi connectivity index (χ3v) is 5.70. The normalized spacial score (nSPS) is 11.3. The molecule has 0 saturated heterocycles. The van der Waals surface area contributed by atoms with Gasteiger partial charge in [0.05, 0.1) is 5.69 Å². The second kappa shape index (κ2) is 7.50. The van der Waals surface area contributed by atoms with Gasteiger partial charge in [0.25, 0.3) is 0 Å². The van der Waals surface area contributed by atoms with Gasteiger partial charge in [-0.15, -0.1) is 11.6 Å². The van der Waals surface area contributed by atoms with Crippen LogP contribution in [0.1, 0.15) is 17.3 Å². The summed E-state index contributed by atoms with van der Waals surface area (Å²) in [5.41, 5.74) is 0.475. The Morgan fingerprint density at radius 1 is 1.17 bits per heavy atom. The molecule has 2 aromatic rings. The second-order valence-corrected chi connectivity index (χ2v) is 8.16. The first-order valence-corrected chi connectivity index (χ1v) is 9.56. The molecule has 0 aliphatic heterocycles. The molecular weight excluding hydrogens is 380 g/mol. The van der Waals surface area contributed by atoms with E-state index < -0.39 is 26.9 Å². The lowest BCUT2D eigenvalue weighted by molar-refractivity contribution is 0.101. The molecule has 4 nitrogen and oxygen atoms in total. The van der Waals surface area contributed by atoms with Crippen LogP contribution in [0.3, 0.4) is 0 Å². The summed E-state index contributed by atoms with van der Waals surface area (Å²) in [6.07, 6.45) is 0. The van der Waals surface area contributed by atoms with Crippen molar-refractivity contribution in [2.45, 2.75) is 16.7 Å². The number of rotatable bonds is 6. The molecule has 0 fully saturated rings. The third-order valence-electron chi connectivity index (χ3n) is 2.91. The first-order valence-electron chi connectivity index (χ1n) is 6.56. The maximum Gasteiger partial charge on any atom is 0.246 e. The van der Waals surface area contributed by atoms with Gasteiger partial charge in [0.15, 0.2) is 5.78 Å². The number of sulfonamides is 1. The number of hydrogen-bond donors (Lipinski definition) is 1. The van der Waals surface area contributed by atoms with Crippen molar-refractivity contribution in [3.63, 3.8) is 0 Å². The molecule has 2 aromatic carbocycles. The van der Waals surface area contributed by atoms with Gasteiger partial charge in [0, 0.05) is 21.4 Å². The predicted molar refractivity (Wildman–Crippen MR) is 90.2 cm³/mol.